The minimum atomic E-state index is -1.16. The van der Waals surface area contributed by atoms with Crippen molar-refractivity contribution in [3.05, 3.63) is 53.3 Å². The fraction of sp³-hybridized carbons (Fsp3) is 0.368. The Bertz CT molecular complexity index is 686. The first kappa shape index (κ1) is 18.7. The molecule has 2 atom stereocenters. The van der Waals surface area contributed by atoms with Crippen molar-refractivity contribution in [1.29, 1.82) is 0 Å². The number of aliphatic hydroxyl groups excluding tert-OH is 1. The predicted octanol–water partition coefficient (Wildman–Crippen LogP) is 2.25. The van der Waals surface area contributed by atoms with Crippen LogP contribution in [0.15, 0.2) is 47.7 Å². The number of phenols is 1. The molecule has 1 aromatic rings. The van der Waals surface area contributed by atoms with E-state index in [-0.39, 0.29) is 24.6 Å². The van der Waals surface area contributed by atoms with Gasteiger partial charge in [0.25, 0.3) is 0 Å². The summed E-state index contributed by atoms with van der Waals surface area (Å²) in [5.41, 5.74) is 1.75. The van der Waals surface area contributed by atoms with E-state index in [9.17, 15) is 19.8 Å². The van der Waals surface area contributed by atoms with E-state index < -0.39 is 18.2 Å². The van der Waals surface area contributed by atoms with E-state index in [4.69, 9.17) is 9.47 Å². The van der Waals surface area contributed by atoms with Gasteiger partial charge in [-0.2, -0.15) is 0 Å². The normalized spacial score (nSPS) is 21.4. The van der Waals surface area contributed by atoms with E-state index in [2.05, 4.69) is 0 Å². The molecule has 1 aliphatic heterocycles. The van der Waals surface area contributed by atoms with Crippen LogP contribution in [0.4, 0.5) is 0 Å². The lowest BCUT2D eigenvalue weighted by Gasteiger charge is -2.29. The first-order chi connectivity index (χ1) is 11.9. The number of phenolic OH excluding ortho intramolecular Hbond substituents is 1. The zero-order chi connectivity index (χ0) is 18.4. The van der Waals surface area contributed by atoms with Gasteiger partial charge in [0.2, 0.25) is 6.29 Å². The second kappa shape index (κ2) is 8.48. The van der Waals surface area contributed by atoms with E-state index in [0.29, 0.717) is 17.6 Å². The van der Waals surface area contributed by atoms with Crippen LogP contribution in [-0.2, 0) is 25.5 Å². The van der Waals surface area contributed by atoms with E-state index in [1.165, 1.54) is 13.2 Å². The first-order valence-corrected chi connectivity index (χ1v) is 8.06. The van der Waals surface area contributed by atoms with Crippen molar-refractivity contribution in [2.24, 2.45) is 5.92 Å². The van der Waals surface area contributed by atoms with Gasteiger partial charge in [0.05, 0.1) is 19.3 Å². The zero-order valence-electron chi connectivity index (χ0n) is 14.3. The highest BCUT2D eigenvalue weighted by molar-refractivity contribution is 5.95. The van der Waals surface area contributed by atoms with Crippen molar-refractivity contribution in [2.45, 2.75) is 33.0 Å². The summed E-state index contributed by atoms with van der Waals surface area (Å²) in [6.45, 7) is 3.30. The van der Waals surface area contributed by atoms with Crippen molar-refractivity contribution < 1.29 is 29.3 Å². The van der Waals surface area contributed by atoms with Gasteiger partial charge in [-0.15, -0.1) is 0 Å². The number of carbonyl (C=O) groups is 2. The largest absolute Gasteiger partial charge is 0.508 e. The van der Waals surface area contributed by atoms with Gasteiger partial charge in [0.1, 0.15) is 5.75 Å². The molecule has 2 N–H and O–H groups in total. The maximum absolute atomic E-state index is 12.1. The van der Waals surface area contributed by atoms with Gasteiger partial charge in [-0.1, -0.05) is 18.2 Å². The second-order valence-corrected chi connectivity index (χ2v) is 5.80. The summed E-state index contributed by atoms with van der Waals surface area (Å²) in [5.74, 6) is -1.04. The van der Waals surface area contributed by atoms with E-state index >= 15 is 0 Å². The number of aromatic hydroxyl groups is 1. The van der Waals surface area contributed by atoms with E-state index in [1.54, 1.807) is 37.3 Å². The molecule has 0 saturated carbocycles. The van der Waals surface area contributed by atoms with Crippen LogP contribution < -0.4 is 0 Å². The SMILES string of the molecule is C/C=C1\[C@H](O)OC=C(C(C)=O)[C@H]1CC(=O)OCCc1ccc(O)cc1. The average molecular weight is 346 g/mol. The molecule has 0 amide bonds. The molecule has 0 spiro atoms. The number of Topliss-reactive ketones (excluding diaryl/α,β-unsaturated/α-hetero) is 1. The maximum atomic E-state index is 12.1. The fourth-order valence-electron chi connectivity index (χ4n) is 2.72. The van der Waals surface area contributed by atoms with Gasteiger partial charge in [-0.25, -0.2) is 0 Å². The number of carbonyl (C=O) groups excluding carboxylic acids is 2. The van der Waals surface area contributed by atoms with Crippen molar-refractivity contribution in [2.75, 3.05) is 6.61 Å². The van der Waals surface area contributed by atoms with Crippen LogP contribution in [0.2, 0.25) is 0 Å². The summed E-state index contributed by atoms with van der Waals surface area (Å²) in [6, 6.07) is 6.66. The average Bonchev–Trinajstić information content (AvgIpc) is 2.56. The van der Waals surface area contributed by atoms with E-state index in [0.717, 1.165) is 5.56 Å². The number of aliphatic hydroxyl groups is 1. The molecule has 0 bridgehead atoms. The quantitative estimate of drug-likeness (QED) is 0.606. The summed E-state index contributed by atoms with van der Waals surface area (Å²) in [5, 5.41) is 19.1. The van der Waals surface area contributed by atoms with Crippen molar-refractivity contribution in [3.63, 3.8) is 0 Å². The van der Waals surface area contributed by atoms with Gasteiger partial charge in [-0.05, 0) is 31.5 Å². The third-order valence-corrected chi connectivity index (χ3v) is 4.09. The van der Waals surface area contributed by atoms with Crippen molar-refractivity contribution in [1.82, 2.24) is 0 Å². The third-order valence-electron chi connectivity index (χ3n) is 4.09. The number of rotatable bonds is 6. The summed E-state index contributed by atoms with van der Waals surface area (Å²) in [7, 11) is 0. The van der Waals surface area contributed by atoms with Gasteiger partial charge < -0.3 is 19.7 Å². The molecule has 2 rings (SSSR count). The number of hydrogen-bond donors (Lipinski definition) is 2. The number of hydrogen-bond acceptors (Lipinski definition) is 6. The molecule has 134 valence electrons. The summed E-state index contributed by atoms with van der Waals surface area (Å²) in [6.07, 6.45) is 2.18. The number of ether oxygens (including phenoxy) is 2. The Hall–Kier alpha value is -2.60. The zero-order valence-corrected chi connectivity index (χ0v) is 14.3. The standard InChI is InChI=1S/C19H22O6/c1-3-15-16(17(12(2)20)11-25-19(15)23)10-18(22)24-9-8-13-4-6-14(21)7-5-13/h3-7,11,16,19,21,23H,8-10H2,1-2H3/b15-3-/t16-,19+/m0/s1. The Balaban J connectivity index is 1.95. The fourth-order valence-corrected chi connectivity index (χ4v) is 2.72. The highest BCUT2D eigenvalue weighted by atomic mass is 16.6. The highest BCUT2D eigenvalue weighted by Gasteiger charge is 2.33. The molecular weight excluding hydrogens is 324 g/mol. The second-order valence-electron chi connectivity index (χ2n) is 5.80. The van der Waals surface area contributed by atoms with Crippen molar-refractivity contribution >= 4 is 11.8 Å². The van der Waals surface area contributed by atoms with Crippen LogP contribution in [-0.4, -0.2) is 34.9 Å². The third kappa shape index (κ3) is 4.93. The van der Waals surface area contributed by atoms with Gasteiger partial charge in [0.15, 0.2) is 5.78 Å². The summed E-state index contributed by atoms with van der Waals surface area (Å²) in [4.78, 5) is 23.9. The van der Waals surface area contributed by atoms with Crippen LogP contribution in [0.3, 0.4) is 0 Å². The van der Waals surface area contributed by atoms with Crippen LogP contribution in [0.1, 0.15) is 25.8 Å². The molecule has 1 aliphatic rings. The predicted molar refractivity (Wildman–Crippen MR) is 90.5 cm³/mol. The van der Waals surface area contributed by atoms with Crippen LogP contribution >= 0.6 is 0 Å². The molecule has 0 unspecified atom stereocenters. The number of ketones is 1. The van der Waals surface area contributed by atoms with Crippen molar-refractivity contribution in [3.8, 4) is 5.75 Å². The molecule has 1 heterocycles. The minimum absolute atomic E-state index is 0.0406. The Kier molecular flexibility index (Phi) is 6.36. The number of esters is 1. The Morgan fingerprint density at radius 3 is 2.56 bits per heavy atom. The number of allylic oxidation sites excluding steroid dienone is 2. The molecule has 0 aliphatic carbocycles. The number of benzene rings is 1. The lowest BCUT2D eigenvalue weighted by atomic mass is 9.84. The van der Waals surface area contributed by atoms with E-state index in [1.807, 2.05) is 0 Å². The van der Waals surface area contributed by atoms with Gasteiger partial charge in [-0.3, -0.25) is 9.59 Å². The lowest BCUT2D eigenvalue weighted by Crippen LogP contribution is -2.30. The van der Waals surface area contributed by atoms with Gasteiger partial charge in [0, 0.05) is 23.5 Å². The Morgan fingerprint density at radius 1 is 1.28 bits per heavy atom. The molecule has 6 heteroatoms. The molecular formula is C19H22O6. The minimum Gasteiger partial charge on any atom is -0.508 e. The molecule has 25 heavy (non-hydrogen) atoms. The molecule has 0 aromatic heterocycles. The Labute approximate surface area is 146 Å². The summed E-state index contributed by atoms with van der Waals surface area (Å²) < 4.78 is 10.3. The molecule has 6 nitrogen and oxygen atoms in total. The molecule has 0 saturated heterocycles. The van der Waals surface area contributed by atoms with Crippen LogP contribution in [0, 0.1) is 5.92 Å². The topological polar surface area (TPSA) is 93.1 Å². The summed E-state index contributed by atoms with van der Waals surface area (Å²) >= 11 is 0. The lowest BCUT2D eigenvalue weighted by molar-refractivity contribution is -0.144. The Morgan fingerprint density at radius 2 is 1.96 bits per heavy atom. The maximum Gasteiger partial charge on any atom is 0.306 e. The first-order valence-electron chi connectivity index (χ1n) is 8.06. The highest BCUT2D eigenvalue weighted by Crippen LogP contribution is 2.32. The smallest absolute Gasteiger partial charge is 0.306 e. The van der Waals surface area contributed by atoms with Crippen LogP contribution in [0.25, 0.3) is 0 Å². The van der Waals surface area contributed by atoms with Crippen LogP contribution in [0.5, 0.6) is 5.75 Å². The monoisotopic (exact) mass is 346 g/mol. The van der Waals surface area contributed by atoms with Gasteiger partial charge >= 0.3 is 5.97 Å². The molecule has 0 fully saturated rings. The molecule has 1 aromatic carbocycles. The molecule has 0 radical (unpaired) electrons.